The number of H-pyrrole nitrogens is 1. The number of aromatic amines is 1. The maximum Gasteiger partial charge on any atom is 0.216 e. The Morgan fingerprint density at radius 2 is 2.06 bits per heavy atom. The monoisotopic (exact) mass is 272 g/mol. The van der Waals surface area contributed by atoms with Crippen molar-refractivity contribution in [3.8, 4) is 0 Å². The van der Waals surface area contributed by atoms with Crippen LogP contribution in [0.1, 0.15) is 11.4 Å². The second kappa shape index (κ2) is 4.73. The molecule has 2 rings (SSSR count). The van der Waals surface area contributed by atoms with Crippen molar-refractivity contribution < 1.29 is 13.2 Å². The third-order valence-corrected chi connectivity index (χ3v) is 2.45. The highest BCUT2D eigenvalue weighted by Gasteiger charge is 2.11. The van der Waals surface area contributed by atoms with Crippen LogP contribution in [0.4, 0.5) is 13.2 Å². The minimum absolute atomic E-state index is 0.184. The molecule has 0 unspecified atom stereocenters. The highest BCUT2D eigenvalue weighted by atomic mass is 32.1. The summed E-state index contributed by atoms with van der Waals surface area (Å²) in [5.74, 6) is -3.63. The van der Waals surface area contributed by atoms with Crippen molar-refractivity contribution in [1.82, 2.24) is 14.9 Å². The van der Waals surface area contributed by atoms with Crippen LogP contribution in [-0.2, 0) is 0 Å². The molecule has 0 aliphatic rings. The van der Waals surface area contributed by atoms with Crippen molar-refractivity contribution in [3.63, 3.8) is 0 Å². The zero-order valence-electron chi connectivity index (χ0n) is 9.12. The van der Waals surface area contributed by atoms with E-state index in [-0.39, 0.29) is 10.3 Å². The summed E-state index contributed by atoms with van der Waals surface area (Å²) in [6.07, 6.45) is 1.04. The molecule has 0 saturated carbocycles. The summed E-state index contributed by atoms with van der Waals surface area (Å²) in [5.41, 5.74) is -0.184. The van der Waals surface area contributed by atoms with Crippen molar-refractivity contribution in [3.05, 3.63) is 45.7 Å². The first-order chi connectivity index (χ1) is 8.50. The van der Waals surface area contributed by atoms with Crippen LogP contribution in [0.5, 0.6) is 0 Å². The molecule has 0 aliphatic heterocycles. The fourth-order valence-corrected chi connectivity index (χ4v) is 1.49. The largest absolute Gasteiger partial charge is 0.250 e. The summed E-state index contributed by atoms with van der Waals surface area (Å²) in [6, 6.07) is 1.90. The van der Waals surface area contributed by atoms with Gasteiger partial charge in [-0.3, -0.25) is 5.10 Å². The second-order valence-corrected chi connectivity index (χ2v) is 3.78. The predicted molar refractivity (Wildman–Crippen MR) is 61.5 cm³/mol. The number of aromatic nitrogens is 3. The van der Waals surface area contributed by atoms with E-state index < -0.39 is 17.5 Å². The standard InChI is InChI=1S/C10H7F3N4S/c1-5-15-16-10(18)17(5)14-4-6-2-3-7(11)9(13)8(6)12/h2-4H,1H3,(H,16,18). The highest BCUT2D eigenvalue weighted by molar-refractivity contribution is 7.71. The molecule has 0 aliphatic carbocycles. The smallest absolute Gasteiger partial charge is 0.216 e. The van der Waals surface area contributed by atoms with Gasteiger partial charge in [-0.1, -0.05) is 0 Å². The Labute approximate surface area is 105 Å². The lowest BCUT2D eigenvalue weighted by atomic mass is 10.2. The SMILES string of the molecule is Cc1n[nH]c(=S)n1N=Cc1ccc(F)c(F)c1F. The Balaban J connectivity index is 2.41. The molecule has 4 nitrogen and oxygen atoms in total. The van der Waals surface area contributed by atoms with E-state index in [1.54, 1.807) is 6.92 Å². The van der Waals surface area contributed by atoms with Crippen molar-refractivity contribution >= 4 is 18.4 Å². The summed E-state index contributed by atoms with van der Waals surface area (Å²) in [6.45, 7) is 1.63. The van der Waals surface area contributed by atoms with Crippen LogP contribution in [0.3, 0.4) is 0 Å². The van der Waals surface area contributed by atoms with Gasteiger partial charge in [-0.2, -0.15) is 14.9 Å². The fraction of sp³-hybridized carbons (Fsp3) is 0.100. The molecule has 8 heteroatoms. The molecule has 0 atom stereocenters. The number of nitrogens with one attached hydrogen (secondary N) is 1. The van der Waals surface area contributed by atoms with Crippen LogP contribution in [0, 0.1) is 29.1 Å². The summed E-state index contributed by atoms with van der Waals surface area (Å²) in [4.78, 5) is 0. The Kier molecular flexibility index (Phi) is 3.28. The van der Waals surface area contributed by atoms with Gasteiger partial charge in [-0.15, -0.1) is 0 Å². The number of nitrogens with zero attached hydrogens (tertiary/aromatic N) is 3. The van der Waals surface area contributed by atoms with Gasteiger partial charge in [-0.25, -0.2) is 13.2 Å². The summed E-state index contributed by atoms with van der Waals surface area (Å²) >= 11 is 4.87. The highest BCUT2D eigenvalue weighted by Crippen LogP contribution is 2.13. The van der Waals surface area contributed by atoms with Gasteiger partial charge in [0.1, 0.15) is 5.82 Å². The van der Waals surface area contributed by atoms with Gasteiger partial charge in [0.05, 0.1) is 6.21 Å². The lowest BCUT2D eigenvalue weighted by Gasteiger charge is -1.99. The minimum Gasteiger partial charge on any atom is -0.250 e. The van der Waals surface area contributed by atoms with Gasteiger partial charge >= 0.3 is 0 Å². The average molecular weight is 272 g/mol. The van der Waals surface area contributed by atoms with Crippen LogP contribution < -0.4 is 0 Å². The first kappa shape index (κ1) is 12.5. The van der Waals surface area contributed by atoms with Crippen molar-refractivity contribution in [2.75, 3.05) is 0 Å². The van der Waals surface area contributed by atoms with E-state index in [9.17, 15) is 13.2 Å². The number of rotatable bonds is 2. The molecule has 0 spiro atoms. The Bertz CT molecular complexity index is 674. The Morgan fingerprint density at radius 3 is 2.67 bits per heavy atom. The number of halogens is 3. The van der Waals surface area contributed by atoms with Crippen LogP contribution >= 0.6 is 12.2 Å². The van der Waals surface area contributed by atoms with Crippen molar-refractivity contribution in [2.24, 2.45) is 5.10 Å². The van der Waals surface area contributed by atoms with Gasteiger partial charge < -0.3 is 0 Å². The normalized spacial score (nSPS) is 11.3. The van der Waals surface area contributed by atoms with Crippen LogP contribution in [0.2, 0.25) is 0 Å². The van der Waals surface area contributed by atoms with Crippen LogP contribution in [0.25, 0.3) is 0 Å². The molecule has 0 fully saturated rings. The molecule has 94 valence electrons. The third kappa shape index (κ3) is 2.19. The lowest BCUT2D eigenvalue weighted by Crippen LogP contribution is -1.99. The molecule has 1 aromatic carbocycles. The van der Waals surface area contributed by atoms with Crippen molar-refractivity contribution in [2.45, 2.75) is 6.92 Å². The number of aryl methyl sites for hydroxylation is 1. The maximum absolute atomic E-state index is 13.3. The maximum atomic E-state index is 13.3. The molecule has 0 saturated heterocycles. The van der Waals surface area contributed by atoms with E-state index in [0.29, 0.717) is 5.82 Å². The van der Waals surface area contributed by atoms with Gasteiger partial charge in [-0.05, 0) is 31.3 Å². The zero-order chi connectivity index (χ0) is 13.3. The van der Waals surface area contributed by atoms with E-state index in [1.165, 1.54) is 4.68 Å². The van der Waals surface area contributed by atoms with Gasteiger partial charge in [0.25, 0.3) is 0 Å². The van der Waals surface area contributed by atoms with E-state index in [4.69, 9.17) is 12.2 Å². The fourth-order valence-electron chi connectivity index (χ4n) is 1.27. The second-order valence-electron chi connectivity index (χ2n) is 3.40. The number of hydrogen-bond acceptors (Lipinski definition) is 3. The molecule has 1 aromatic heterocycles. The van der Waals surface area contributed by atoms with E-state index in [1.807, 2.05) is 0 Å². The Morgan fingerprint density at radius 1 is 1.33 bits per heavy atom. The molecule has 0 radical (unpaired) electrons. The lowest BCUT2D eigenvalue weighted by molar-refractivity contribution is 0.446. The molecular formula is C10H7F3N4S. The number of benzene rings is 1. The molecule has 0 bridgehead atoms. The van der Waals surface area contributed by atoms with E-state index in [0.717, 1.165) is 18.3 Å². The van der Waals surface area contributed by atoms with Gasteiger partial charge in [0.15, 0.2) is 17.5 Å². The molecule has 1 heterocycles. The van der Waals surface area contributed by atoms with Gasteiger partial charge in [0, 0.05) is 5.56 Å². The first-order valence-corrected chi connectivity index (χ1v) is 5.23. The van der Waals surface area contributed by atoms with Crippen molar-refractivity contribution in [1.29, 1.82) is 0 Å². The van der Waals surface area contributed by atoms with Crippen LogP contribution in [0.15, 0.2) is 17.2 Å². The molecule has 0 amide bonds. The molecular weight excluding hydrogens is 265 g/mol. The summed E-state index contributed by atoms with van der Waals surface area (Å²) < 4.78 is 40.4. The third-order valence-electron chi connectivity index (χ3n) is 2.19. The predicted octanol–water partition coefficient (Wildman–Crippen LogP) is 2.55. The minimum atomic E-state index is -1.54. The van der Waals surface area contributed by atoms with E-state index >= 15 is 0 Å². The Hall–Kier alpha value is -1.96. The molecule has 1 N–H and O–H groups in total. The topological polar surface area (TPSA) is 46.0 Å². The van der Waals surface area contributed by atoms with Gasteiger partial charge in [0.2, 0.25) is 4.77 Å². The van der Waals surface area contributed by atoms with E-state index in [2.05, 4.69) is 15.3 Å². The number of hydrogen-bond donors (Lipinski definition) is 1. The summed E-state index contributed by atoms with van der Waals surface area (Å²) in [5, 5.41) is 10.1. The first-order valence-electron chi connectivity index (χ1n) is 4.82. The van der Waals surface area contributed by atoms with Crippen LogP contribution in [-0.4, -0.2) is 21.1 Å². The molecule has 18 heavy (non-hydrogen) atoms. The average Bonchev–Trinajstić information content (AvgIpc) is 2.66. The molecule has 2 aromatic rings. The zero-order valence-corrected chi connectivity index (χ0v) is 9.93. The quantitative estimate of drug-likeness (QED) is 0.519. The summed E-state index contributed by atoms with van der Waals surface area (Å²) in [7, 11) is 0.